The molecular formula is C14H20N2OS. The van der Waals surface area contributed by atoms with Gasteiger partial charge in [0.25, 0.3) is 5.91 Å². The van der Waals surface area contributed by atoms with Crippen LogP contribution < -0.4 is 0 Å². The van der Waals surface area contributed by atoms with Crippen molar-refractivity contribution in [2.45, 2.75) is 51.5 Å². The molecule has 2 aliphatic rings. The van der Waals surface area contributed by atoms with Crippen molar-refractivity contribution in [3.05, 3.63) is 16.1 Å². The maximum Gasteiger partial charge on any atom is 0.283 e. The first kappa shape index (κ1) is 12.2. The molecule has 1 saturated heterocycles. The lowest BCUT2D eigenvalue weighted by Crippen LogP contribution is -2.37. The minimum Gasteiger partial charge on any atom is -0.333 e. The molecule has 1 aliphatic carbocycles. The number of likely N-dealkylation sites (tertiary alicyclic amines) is 1. The third kappa shape index (κ3) is 2.18. The zero-order valence-electron chi connectivity index (χ0n) is 10.9. The molecule has 3 nitrogen and oxygen atoms in total. The normalized spacial score (nSPS) is 25.9. The maximum atomic E-state index is 12.4. The van der Waals surface area contributed by atoms with Gasteiger partial charge in [-0.05, 0) is 38.0 Å². The molecular weight excluding hydrogens is 244 g/mol. The quantitative estimate of drug-likeness (QED) is 0.837. The van der Waals surface area contributed by atoms with Crippen molar-refractivity contribution < 1.29 is 4.79 Å². The highest BCUT2D eigenvalue weighted by Gasteiger charge is 2.41. The molecule has 18 heavy (non-hydrogen) atoms. The molecule has 0 radical (unpaired) electrons. The lowest BCUT2D eigenvalue weighted by molar-refractivity contribution is 0.0703. The van der Waals surface area contributed by atoms with Crippen molar-refractivity contribution in [3.63, 3.8) is 0 Å². The number of nitrogens with zero attached hydrogens (tertiary/aromatic N) is 2. The smallest absolute Gasteiger partial charge is 0.283 e. The Hall–Kier alpha value is -0.900. The molecule has 1 saturated carbocycles. The lowest BCUT2D eigenvalue weighted by atomic mass is 10.1. The number of hydrogen-bond acceptors (Lipinski definition) is 3. The molecule has 98 valence electrons. The number of unbranched alkanes of at least 4 members (excludes halogenated alkanes) is 1. The molecule has 2 heterocycles. The van der Waals surface area contributed by atoms with Crippen LogP contribution in [-0.4, -0.2) is 28.4 Å². The van der Waals surface area contributed by atoms with E-state index in [1.54, 1.807) is 0 Å². The molecule has 1 aliphatic heterocycles. The number of hydrogen-bond donors (Lipinski definition) is 0. The lowest BCUT2D eigenvalue weighted by Gasteiger charge is -2.25. The summed E-state index contributed by atoms with van der Waals surface area (Å²) >= 11 is 1.52. The van der Waals surface area contributed by atoms with Gasteiger partial charge in [0.1, 0.15) is 0 Å². The number of carbonyl (C=O) groups is 1. The minimum atomic E-state index is 0.176. The first-order valence-corrected chi connectivity index (χ1v) is 7.91. The van der Waals surface area contributed by atoms with E-state index in [0.717, 1.165) is 31.0 Å². The Labute approximate surface area is 112 Å². The van der Waals surface area contributed by atoms with Gasteiger partial charge in [0, 0.05) is 18.0 Å². The zero-order chi connectivity index (χ0) is 12.5. The summed E-state index contributed by atoms with van der Waals surface area (Å²) in [6.07, 6.45) is 7.08. The highest BCUT2D eigenvalue weighted by Crippen LogP contribution is 2.38. The van der Waals surface area contributed by atoms with E-state index in [0.29, 0.717) is 11.0 Å². The van der Waals surface area contributed by atoms with Crippen LogP contribution in [0, 0.1) is 5.92 Å². The Kier molecular flexibility index (Phi) is 3.37. The molecule has 0 unspecified atom stereocenters. The van der Waals surface area contributed by atoms with Gasteiger partial charge in [0.2, 0.25) is 0 Å². The largest absolute Gasteiger partial charge is 0.333 e. The van der Waals surface area contributed by atoms with E-state index < -0.39 is 0 Å². The predicted molar refractivity (Wildman–Crippen MR) is 72.9 cm³/mol. The van der Waals surface area contributed by atoms with E-state index in [9.17, 15) is 4.79 Å². The molecule has 1 aromatic heterocycles. The van der Waals surface area contributed by atoms with E-state index in [1.807, 2.05) is 0 Å². The Balaban J connectivity index is 1.67. The number of rotatable bonds is 4. The number of carbonyl (C=O) groups excluding carboxylic acids is 1. The molecule has 1 amide bonds. The average Bonchev–Trinajstić information content (AvgIpc) is 3.10. The summed E-state index contributed by atoms with van der Waals surface area (Å²) in [7, 11) is 0. The van der Waals surface area contributed by atoms with Crippen LogP contribution in [-0.2, 0) is 6.42 Å². The van der Waals surface area contributed by atoms with Crippen molar-refractivity contribution in [1.29, 1.82) is 0 Å². The van der Waals surface area contributed by atoms with Crippen LogP contribution in [0.5, 0.6) is 0 Å². The number of fused-ring (bicyclic) bond motifs is 2. The van der Waals surface area contributed by atoms with E-state index in [4.69, 9.17) is 0 Å². The second-order valence-corrected chi connectivity index (χ2v) is 6.40. The SMILES string of the molecule is CCCCc1csc(C(=O)N2C[C@H]3CC[C@H]2C3)n1. The summed E-state index contributed by atoms with van der Waals surface area (Å²) in [5.41, 5.74) is 1.09. The fourth-order valence-corrected chi connectivity index (χ4v) is 3.98. The third-order valence-electron chi connectivity index (χ3n) is 4.19. The van der Waals surface area contributed by atoms with Crippen LogP contribution in [0.4, 0.5) is 0 Å². The second-order valence-electron chi connectivity index (χ2n) is 5.54. The van der Waals surface area contributed by atoms with Crippen molar-refractivity contribution >= 4 is 17.2 Å². The van der Waals surface area contributed by atoms with Crippen molar-refractivity contribution in [3.8, 4) is 0 Å². The summed E-state index contributed by atoms with van der Waals surface area (Å²) in [5.74, 6) is 0.938. The number of amides is 1. The van der Waals surface area contributed by atoms with Crippen molar-refractivity contribution in [1.82, 2.24) is 9.88 Å². The standard InChI is InChI=1S/C14H20N2OS/c1-2-3-4-11-9-18-13(15-11)14(17)16-8-10-5-6-12(16)7-10/h9-10,12H,2-8H2,1H3/t10-,12-/m0/s1. The summed E-state index contributed by atoms with van der Waals surface area (Å²) < 4.78 is 0. The van der Waals surface area contributed by atoms with Gasteiger partial charge < -0.3 is 4.90 Å². The van der Waals surface area contributed by atoms with Gasteiger partial charge in [-0.15, -0.1) is 11.3 Å². The summed E-state index contributed by atoms with van der Waals surface area (Å²) in [6.45, 7) is 3.15. The van der Waals surface area contributed by atoms with Gasteiger partial charge in [-0.25, -0.2) is 4.98 Å². The maximum absolute atomic E-state index is 12.4. The molecule has 2 fully saturated rings. The predicted octanol–water partition coefficient (Wildman–Crippen LogP) is 3.11. The van der Waals surface area contributed by atoms with E-state index in [1.165, 1.54) is 37.0 Å². The topological polar surface area (TPSA) is 33.2 Å². The van der Waals surface area contributed by atoms with Crippen LogP contribution in [0.15, 0.2) is 5.38 Å². The third-order valence-corrected chi connectivity index (χ3v) is 5.07. The van der Waals surface area contributed by atoms with Crippen LogP contribution in [0.25, 0.3) is 0 Å². The number of piperidine rings is 1. The Morgan fingerprint density at radius 1 is 1.56 bits per heavy atom. The highest BCUT2D eigenvalue weighted by atomic mass is 32.1. The van der Waals surface area contributed by atoms with Crippen LogP contribution >= 0.6 is 11.3 Å². The summed E-state index contributed by atoms with van der Waals surface area (Å²) in [6, 6.07) is 0.505. The van der Waals surface area contributed by atoms with Crippen molar-refractivity contribution in [2.24, 2.45) is 5.92 Å². The van der Waals surface area contributed by atoms with Crippen LogP contribution in [0.3, 0.4) is 0 Å². The van der Waals surface area contributed by atoms with E-state index >= 15 is 0 Å². The Bertz CT molecular complexity index is 443. The van der Waals surface area contributed by atoms with Crippen LogP contribution in [0.2, 0.25) is 0 Å². The highest BCUT2D eigenvalue weighted by molar-refractivity contribution is 7.11. The number of aryl methyl sites for hydroxylation is 1. The van der Waals surface area contributed by atoms with Crippen LogP contribution in [0.1, 0.15) is 54.5 Å². The Morgan fingerprint density at radius 2 is 2.44 bits per heavy atom. The van der Waals surface area contributed by atoms with Gasteiger partial charge in [0.15, 0.2) is 5.01 Å². The molecule has 0 aromatic carbocycles. The molecule has 2 atom stereocenters. The zero-order valence-corrected chi connectivity index (χ0v) is 11.7. The molecule has 1 aromatic rings. The molecule has 0 spiro atoms. The fraction of sp³-hybridized carbons (Fsp3) is 0.714. The van der Waals surface area contributed by atoms with Crippen molar-refractivity contribution in [2.75, 3.05) is 6.54 Å². The number of aromatic nitrogens is 1. The average molecular weight is 264 g/mol. The first-order valence-electron chi connectivity index (χ1n) is 7.03. The van der Waals surface area contributed by atoms with Gasteiger partial charge in [0.05, 0.1) is 5.69 Å². The summed E-state index contributed by atoms with van der Waals surface area (Å²) in [4.78, 5) is 19.0. The van der Waals surface area contributed by atoms with E-state index in [2.05, 4.69) is 22.2 Å². The fourth-order valence-electron chi connectivity index (χ4n) is 3.17. The second kappa shape index (κ2) is 5.00. The molecule has 0 N–H and O–H groups in total. The first-order chi connectivity index (χ1) is 8.78. The Morgan fingerprint density at radius 3 is 3.11 bits per heavy atom. The van der Waals surface area contributed by atoms with Gasteiger partial charge >= 0.3 is 0 Å². The number of thiazole rings is 1. The monoisotopic (exact) mass is 264 g/mol. The minimum absolute atomic E-state index is 0.176. The van der Waals surface area contributed by atoms with Gasteiger partial charge in [-0.2, -0.15) is 0 Å². The van der Waals surface area contributed by atoms with Gasteiger partial charge in [-0.3, -0.25) is 4.79 Å². The van der Waals surface area contributed by atoms with E-state index in [-0.39, 0.29) is 5.91 Å². The molecule has 2 bridgehead atoms. The molecule has 4 heteroatoms. The molecule has 3 rings (SSSR count). The summed E-state index contributed by atoms with van der Waals surface area (Å²) in [5, 5.41) is 2.76. The van der Waals surface area contributed by atoms with Gasteiger partial charge in [-0.1, -0.05) is 13.3 Å².